The van der Waals surface area contributed by atoms with E-state index in [4.69, 9.17) is 0 Å². The number of allylic oxidation sites excluding steroid dienone is 5. The van der Waals surface area contributed by atoms with Gasteiger partial charge in [-0.05, 0) is 0 Å². The summed E-state index contributed by atoms with van der Waals surface area (Å²) in [5.74, 6) is 0. The summed E-state index contributed by atoms with van der Waals surface area (Å²) in [5.41, 5.74) is 1.07. The molecule has 8 heavy (non-hydrogen) atoms. The fourth-order valence-corrected chi connectivity index (χ4v) is 0.478. The van der Waals surface area contributed by atoms with Gasteiger partial charge in [-0.15, -0.1) is 30.7 Å². The van der Waals surface area contributed by atoms with E-state index < -0.39 is 0 Å². The van der Waals surface area contributed by atoms with Crippen LogP contribution >= 0.6 is 0 Å². The van der Waals surface area contributed by atoms with Gasteiger partial charge in [-0.2, -0.15) is 12.2 Å². The molecule has 36 valence electrons. The number of rotatable bonds is 0. The van der Waals surface area contributed by atoms with Crippen LogP contribution in [0.3, 0.4) is 0 Å². The van der Waals surface area contributed by atoms with Crippen molar-refractivity contribution in [1.82, 2.24) is 0 Å². The van der Waals surface area contributed by atoms with Gasteiger partial charge in [-0.1, -0.05) is 0 Å². The van der Waals surface area contributed by atoms with E-state index in [0.717, 1.165) is 5.57 Å². The molecule has 0 atom stereocenters. The first-order valence-corrected chi connectivity index (χ1v) is 2.26. The van der Waals surface area contributed by atoms with E-state index in [0.29, 0.717) is 0 Å². The van der Waals surface area contributed by atoms with E-state index in [-0.39, 0.29) is 29.6 Å². The normalized spacial score (nSPS) is 14.8. The Kier molecular flexibility index (Phi) is 4.06. The van der Waals surface area contributed by atoms with Gasteiger partial charge in [0.1, 0.15) is 0 Å². The molecule has 0 spiro atoms. The summed E-state index contributed by atoms with van der Waals surface area (Å²) in [5, 5.41) is 0. The first-order valence-electron chi connectivity index (χ1n) is 2.26. The van der Waals surface area contributed by atoms with Gasteiger partial charge in [0.25, 0.3) is 0 Å². The summed E-state index contributed by atoms with van der Waals surface area (Å²) < 4.78 is 0. The van der Waals surface area contributed by atoms with Gasteiger partial charge in [0, 0.05) is 0 Å². The second-order valence-electron chi connectivity index (χ2n) is 1.49. The molecule has 0 aromatic carbocycles. The third-order valence-corrected chi connectivity index (χ3v) is 0.843. The average molecular weight is 114 g/mol. The molecule has 1 aliphatic carbocycles. The van der Waals surface area contributed by atoms with Crippen LogP contribution in [0.4, 0.5) is 0 Å². The molecule has 0 aliphatic heterocycles. The molecule has 0 N–H and O–H groups in total. The second kappa shape index (κ2) is 4.02. The Balaban J connectivity index is 0.000000490. The summed E-state index contributed by atoms with van der Waals surface area (Å²) in [6.07, 6.45) is 9.87. The number of hydrogen-bond donors (Lipinski definition) is 0. The van der Waals surface area contributed by atoms with E-state index in [1.807, 2.05) is 30.7 Å². The largest absolute Gasteiger partial charge is 1.00 e. The van der Waals surface area contributed by atoms with Crippen LogP contribution in [0.1, 0.15) is 0 Å². The third-order valence-electron chi connectivity index (χ3n) is 0.843. The average Bonchev–Trinajstić information content (AvgIpc) is 1.69. The maximum atomic E-state index is 3.72. The van der Waals surface area contributed by atoms with Crippen molar-refractivity contribution in [2.24, 2.45) is 0 Å². The zero-order chi connectivity index (χ0) is 5.11. The molecule has 1 aliphatic rings. The zero-order valence-corrected chi connectivity index (χ0v) is 7.09. The zero-order valence-electron chi connectivity index (χ0n) is 5.09. The molecule has 0 aromatic rings. The first kappa shape index (κ1) is 8.09. The molecule has 0 amide bonds. The van der Waals surface area contributed by atoms with Crippen LogP contribution in [-0.4, -0.2) is 0 Å². The minimum absolute atomic E-state index is 0. The third kappa shape index (κ3) is 2.41. The topological polar surface area (TPSA) is 0 Å². The van der Waals surface area contributed by atoms with E-state index in [1.165, 1.54) is 0 Å². The van der Waals surface area contributed by atoms with Crippen LogP contribution in [0.15, 0.2) is 36.5 Å². The number of hydrogen-bond acceptors (Lipinski definition) is 0. The monoisotopic (exact) mass is 114 g/mol. The fraction of sp³-hybridized carbons (Fsp3) is 0. The summed E-state index contributed by atoms with van der Waals surface area (Å²) in [4.78, 5) is 0. The molecule has 0 unspecified atom stereocenters. The Bertz CT molecular complexity index is 131. The van der Waals surface area contributed by atoms with Crippen molar-refractivity contribution in [2.75, 3.05) is 0 Å². The summed E-state index contributed by atoms with van der Waals surface area (Å²) in [6.45, 7) is 3.72. The maximum Gasteiger partial charge on any atom is 1.00 e. The SMILES string of the molecule is C=C1C=CC=C[CH-]1.[Na+]. The van der Waals surface area contributed by atoms with Gasteiger partial charge < -0.3 is 0 Å². The van der Waals surface area contributed by atoms with Crippen LogP contribution in [-0.2, 0) is 0 Å². The van der Waals surface area contributed by atoms with Gasteiger partial charge >= 0.3 is 29.6 Å². The Morgan fingerprint density at radius 1 is 1.38 bits per heavy atom. The maximum absolute atomic E-state index is 3.72. The summed E-state index contributed by atoms with van der Waals surface area (Å²) in [7, 11) is 0. The molecule has 0 saturated carbocycles. The second-order valence-corrected chi connectivity index (χ2v) is 1.49. The molecule has 0 fully saturated rings. The van der Waals surface area contributed by atoms with E-state index in [1.54, 1.807) is 0 Å². The van der Waals surface area contributed by atoms with Crippen LogP contribution in [0.25, 0.3) is 0 Å². The molecular formula is C7H7Na. The molecule has 0 nitrogen and oxygen atoms in total. The molecule has 1 rings (SSSR count). The molecule has 0 bridgehead atoms. The Morgan fingerprint density at radius 2 is 2.12 bits per heavy atom. The van der Waals surface area contributed by atoms with Gasteiger partial charge in [-0.3, -0.25) is 0 Å². The Hall–Kier alpha value is 0.0900. The van der Waals surface area contributed by atoms with E-state index in [2.05, 4.69) is 6.58 Å². The predicted octanol–water partition coefficient (Wildman–Crippen LogP) is -1.12. The van der Waals surface area contributed by atoms with Gasteiger partial charge in [0.05, 0.1) is 0 Å². The van der Waals surface area contributed by atoms with E-state index in [9.17, 15) is 0 Å². The Labute approximate surface area is 72.3 Å². The molecule has 0 heterocycles. The van der Waals surface area contributed by atoms with Crippen LogP contribution in [0, 0.1) is 6.42 Å². The van der Waals surface area contributed by atoms with Crippen LogP contribution in [0.5, 0.6) is 0 Å². The van der Waals surface area contributed by atoms with Crippen LogP contribution < -0.4 is 29.6 Å². The molecular weight excluding hydrogens is 107 g/mol. The molecule has 0 saturated heterocycles. The van der Waals surface area contributed by atoms with Gasteiger partial charge in [0.2, 0.25) is 0 Å². The van der Waals surface area contributed by atoms with Crippen molar-refractivity contribution in [3.8, 4) is 0 Å². The van der Waals surface area contributed by atoms with Crippen LogP contribution in [0.2, 0.25) is 0 Å². The van der Waals surface area contributed by atoms with Crippen molar-refractivity contribution in [3.63, 3.8) is 0 Å². The van der Waals surface area contributed by atoms with Crippen molar-refractivity contribution in [1.29, 1.82) is 0 Å². The summed E-state index contributed by atoms with van der Waals surface area (Å²) >= 11 is 0. The minimum atomic E-state index is 0. The van der Waals surface area contributed by atoms with Gasteiger partial charge in [0.15, 0.2) is 0 Å². The summed E-state index contributed by atoms with van der Waals surface area (Å²) in [6, 6.07) is 0. The Morgan fingerprint density at radius 3 is 2.38 bits per heavy atom. The standard InChI is InChI=1S/C7H7.Na/c1-7-5-3-2-4-6-7;/h2-6H,1H2;/q-1;+1. The minimum Gasteiger partial charge on any atom is -0.171 e. The van der Waals surface area contributed by atoms with Crippen molar-refractivity contribution >= 4 is 0 Å². The molecule has 0 radical (unpaired) electrons. The predicted molar refractivity (Wildman–Crippen MR) is 31.7 cm³/mol. The fourth-order valence-electron chi connectivity index (χ4n) is 0.478. The van der Waals surface area contributed by atoms with Crippen molar-refractivity contribution < 1.29 is 29.6 Å². The quantitative estimate of drug-likeness (QED) is 0.276. The molecule has 1 heteroatoms. The van der Waals surface area contributed by atoms with Gasteiger partial charge in [-0.25, -0.2) is 0 Å². The van der Waals surface area contributed by atoms with E-state index >= 15 is 0 Å². The van der Waals surface area contributed by atoms with Crippen molar-refractivity contribution in [2.45, 2.75) is 0 Å². The van der Waals surface area contributed by atoms with Crippen molar-refractivity contribution in [3.05, 3.63) is 42.9 Å². The molecule has 0 aromatic heterocycles. The first-order chi connectivity index (χ1) is 3.39. The smallest absolute Gasteiger partial charge is 0.171 e.